The second-order valence-corrected chi connectivity index (χ2v) is 11.1. The topological polar surface area (TPSA) is 84.4 Å². The predicted octanol–water partition coefficient (Wildman–Crippen LogP) is 6.35. The summed E-state index contributed by atoms with van der Waals surface area (Å²) in [7, 11) is 0. The van der Waals surface area contributed by atoms with E-state index in [9.17, 15) is 22.8 Å². The van der Waals surface area contributed by atoms with Crippen LogP contribution in [0.15, 0.2) is 36.4 Å². The molecule has 0 radical (unpaired) electrons. The van der Waals surface area contributed by atoms with Gasteiger partial charge in [0.25, 0.3) is 5.91 Å². The smallest absolute Gasteiger partial charge is 0.416 e. The van der Waals surface area contributed by atoms with Gasteiger partial charge in [-0.05, 0) is 74.2 Å². The fourth-order valence-electron chi connectivity index (χ4n) is 3.87. The molecular weight excluding hydrogens is 529 g/mol. The maximum atomic E-state index is 13.3. The summed E-state index contributed by atoms with van der Waals surface area (Å²) in [5.41, 5.74) is 0.870. The highest BCUT2D eigenvalue weighted by Crippen LogP contribution is 2.35. The summed E-state index contributed by atoms with van der Waals surface area (Å²) in [5.74, 6) is -0.418. The van der Waals surface area contributed by atoms with Crippen molar-refractivity contribution in [3.63, 3.8) is 0 Å². The average Bonchev–Trinajstić information content (AvgIpc) is 3.23. The number of amides is 2. The van der Waals surface area contributed by atoms with Crippen molar-refractivity contribution in [2.75, 3.05) is 11.9 Å². The zero-order valence-corrected chi connectivity index (χ0v) is 21.9. The number of fused-ring (bicyclic) bond motifs is 1. The number of hydrogen-bond acceptors (Lipinski definition) is 6. The van der Waals surface area contributed by atoms with Crippen molar-refractivity contribution in [3.05, 3.63) is 74.2 Å². The highest BCUT2D eigenvalue weighted by Gasteiger charge is 2.33. The number of ether oxygens (including phenoxy) is 1. The second-order valence-electron chi connectivity index (χ2n) is 9.57. The van der Waals surface area contributed by atoms with Crippen LogP contribution in [-0.4, -0.2) is 39.2 Å². The molecule has 7 nitrogen and oxygen atoms in total. The maximum Gasteiger partial charge on any atom is 0.416 e. The molecule has 3 aromatic rings. The first-order valence-corrected chi connectivity index (χ1v) is 12.6. The molecule has 2 aromatic carbocycles. The van der Waals surface area contributed by atoms with Crippen molar-refractivity contribution in [2.24, 2.45) is 0 Å². The molecule has 4 rings (SSSR count). The Labute approximate surface area is 220 Å². The molecule has 0 bridgehead atoms. The Hall–Kier alpha value is -3.18. The van der Waals surface area contributed by atoms with Crippen LogP contribution in [0.5, 0.6) is 0 Å². The van der Waals surface area contributed by atoms with E-state index in [0.29, 0.717) is 30.1 Å². The molecule has 0 saturated carbocycles. The molecule has 0 unspecified atom stereocenters. The number of rotatable bonds is 4. The first-order valence-electron chi connectivity index (χ1n) is 11.4. The van der Waals surface area contributed by atoms with E-state index in [1.54, 1.807) is 23.1 Å². The van der Waals surface area contributed by atoms with Crippen LogP contribution in [0.3, 0.4) is 0 Å². The molecule has 2 heterocycles. The molecule has 12 heteroatoms. The van der Waals surface area contributed by atoms with Gasteiger partial charge in [0.1, 0.15) is 10.6 Å². The second kappa shape index (κ2) is 10.3. The molecular formula is C25H24ClF3N4O3S. The summed E-state index contributed by atoms with van der Waals surface area (Å²) in [4.78, 5) is 26.8. The zero-order chi connectivity index (χ0) is 27.0. The highest BCUT2D eigenvalue weighted by molar-refractivity contribution is 7.15. The standard InChI is InChI=1S/C25H24ClF3N4O3S/c1-24(2,3)36-23(35)33-9-8-14-10-15(4-5-16(14)13-33)21(34)30-22-32-31-20(37-22)12-17-11-18(26)6-7-19(17)25(27,28)29/h4-7,10-11H,8-9,12-13H2,1-3H3,(H,30,32,34). The van der Waals surface area contributed by atoms with Crippen molar-refractivity contribution >= 4 is 40.1 Å². The fraction of sp³-hybridized carbons (Fsp3) is 0.360. The minimum absolute atomic E-state index is 0.0239. The summed E-state index contributed by atoms with van der Waals surface area (Å²) >= 11 is 6.88. The lowest BCUT2D eigenvalue weighted by Gasteiger charge is -2.31. The molecule has 1 aliphatic rings. The Morgan fingerprint density at radius 1 is 1.11 bits per heavy atom. The van der Waals surface area contributed by atoms with Crippen LogP contribution < -0.4 is 5.32 Å². The van der Waals surface area contributed by atoms with Crippen LogP contribution in [0, 0.1) is 0 Å². The molecule has 1 aromatic heterocycles. The lowest BCUT2D eigenvalue weighted by molar-refractivity contribution is -0.138. The number of aromatic nitrogens is 2. The van der Waals surface area contributed by atoms with Gasteiger partial charge in [0.15, 0.2) is 0 Å². The van der Waals surface area contributed by atoms with Gasteiger partial charge in [-0.3, -0.25) is 10.1 Å². The number of halogens is 4. The van der Waals surface area contributed by atoms with Crippen LogP contribution in [0.2, 0.25) is 5.02 Å². The SMILES string of the molecule is CC(C)(C)OC(=O)N1CCc2cc(C(=O)Nc3nnc(Cc4cc(Cl)ccc4C(F)(F)F)s3)ccc2C1. The molecule has 0 fully saturated rings. The van der Waals surface area contributed by atoms with Crippen LogP contribution in [-0.2, 0) is 30.3 Å². The minimum Gasteiger partial charge on any atom is -0.444 e. The van der Waals surface area contributed by atoms with Gasteiger partial charge in [-0.25, -0.2) is 4.79 Å². The van der Waals surface area contributed by atoms with Crippen molar-refractivity contribution in [1.29, 1.82) is 0 Å². The molecule has 196 valence electrons. The van der Waals surface area contributed by atoms with E-state index in [4.69, 9.17) is 16.3 Å². The Morgan fingerprint density at radius 2 is 1.86 bits per heavy atom. The highest BCUT2D eigenvalue weighted by atomic mass is 35.5. The first-order chi connectivity index (χ1) is 17.3. The Balaban J connectivity index is 1.42. The lowest BCUT2D eigenvalue weighted by atomic mass is 9.97. The molecule has 1 N–H and O–H groups in total. The van der Waals surface area contributed by atoms with Gasteiger partial charge in [0.05, 0.1) is 5.56 Å². The Kier molecular flexibility index (Phi) is 7.48. The normalized spacial score (nSPS) is 13.8. The van der Waals surface area contributed by atoms with Crippen molar-refractivity contribution in [2.45, 2.75) is 51.9 Å². The monoisotopic (exact) mass is 552 g/mol. The van der Waals surface area contributed by atoms with Crippen molar-refractivity contribution in [1.82, 2.24) is 15.1 Å². The van der Waals surface area contributed by atoms with E-state index < -0.39 is 23.2 Å². The summed E-state index contributed by atoms with van der Waals surface area (Å²) in [6.45, 7) is 6.29. The summed E-state index contributed by atoms with van der Waals surface area (Å²) in [6, 6.07) is 8.58. The van der Waals surface area contributed by atoms with Gasteiger partial charge >= 0.3 is 12.3 Å². The Morgan fingerprint density at radius 3 is 2.57 bits per heavy atom. The molecule has 0 aliphatic carbocycles. The number of hydrogen-bond donors (Lipinski definition) is 1. The van der Waals surface area contributed by atoms with Crippen LogP contribution in [0.25, 0.3) is 0 Å². The summed E-state index contributed by atoms with van der Waals surface area (Å²) in [6.07, 6.45) is -4.47. The quantitative estimate of drug-likeness (QED) is 0.408. The fourth-order valence-corrected chi connectivity index (χ4v) is 4.82. The van der Waals surface area contributed by atoms with E-state index in [-0.39, 0.29) is 28.2 Å². The Bertz CT molecular complexity index is 1340. The third-order valence-corrected chi connectivity index (χ3v) is 6.61. The van der Waals surface area contributed by atoms with E-state index in [1.807, 2.05) is 20.8 Å². The van der Waals surface area contributed by atoms with Crippen LogP contribution >= 0.6 is 22.9 Å². The van der Waals surface area contributed by atoms with E-state index >= 15 is 0 Å². The maximum absolute atomic E-state index is 13.3. The van der Waals surface area contributed by atoms with Gasteiger partial charge < -0.3 is 9.64 Å². The number of anilines is 1. The first kappa shape index (κ1) is 26.9. The molecule has 0 atom stereocenters. The molecule has 1 aliphatic heterocycles. The summed E-state index contributed by atoms with van der Waals surface area (Å²) < 4.78 is 45.4. The number of carbonyl (C=O) groups is 2. The average molecular weight is 553 g/mol. The number of alkyl halides is 3. The van der Waals surface area contributed by atoms with E-state index in [2.05, 4.69) is 15.5 Å². The number of nitrogens with one attached hydrogen (secondary N) is 1. The van der Waals surface area contributed by atoms with Crippen molar-refractivity contribution in [3.8, 4) is 0 Å². The minimum atomic E-state index is -4.53. The lowest BCUT2D eigenvalue weighted by Crippen LogP contribution is -2.39. The largest absolute Gasteiger partial charge is 0.444 e. The predicted molar refractivity (Wildman–Crippen MR) is 134 cm³/mol. The van der Waals surface area contributed by atoms with Crippen molar-refractivity contribution < 1.29 is 27.5 Å². The number of benzene rings is 2. The third-order valence-electron chi connectivity index (χ3n) is 5.53. The van der Waals surface area contributed by atoms with Gasteiger partial charge in [-0.1, -0.05) is 29.0 Å². The third kappa shape index (κ3) is 6.78. The number of carbonyl (C=O) groups excluding carboxylic acids is 2. The zero-order valence-electron chi connectivity index (χ0n) is 20.3. The number of nitrogens with zero attached hydrogens (tertiary/aromatic N) is 3. The van der Waals surface area contributed by atoms with Crippen LogP contribution in [0.4, 0.5) is 23.1 Å². The van der Waals surface area contributed by atoms with Gasteiger partial charge in [0.2, 0.25) is 5.13 Å². The van der Waals surface area contributed by atoms with E-state index in [0.717, 1.165) is 28.5 Å². The van der Waals surface area contributed by atoms with E-state index in [1.165, 1.54) is 12.1 Å². The van der Waals surface area contributed by atoms with Gasteiger partial charge in [-0.2, -0.15) is 13.2 Å². The molecule has 2 amide bonds. The molecule has 0 spiro atoms. The van der Waals surface area contributed by atoms with Gasteiger partial charge in [0, 0.05) is 30.1 Å². The van der Waals surface area contributed by atoms with Crippen LogP contribution in [0.1, 0.15) is 58.4 Å². The van der Waals surface area contributed by atoms with Gasteiger partial charge in [-0.15, -0.1) is 10.2 Å². The molecule has 0 saturated heterocycles. The molecule has 37 heavy (non-hydrogen) atoms. The summed E-state index contributed by atoms with van der Waals surface area (Å²) in [5, 5.41) is 11.1.